The van der Waals surface area contributed by atoms with Gasteiger partial charge in [0, 0.05) is 6.07 Å². The Balaban J connectivity index is 2.31. The topological polar surface area (TPSA) is 107 Å². The van der Waals surface area contributed by atoms with Crippen molar-refractivity contribution in [1.82, 2.24) is 5.43 Å². The highest BCUT2D eigenvalue weighted by molar-refractivity contribution is 7.80. The second-order valence-electron chi connectivity index (χ2n) is 4.21. The van der Waals surface area contributed by atoms with Crippen LogP contribution in [0, 0.1) is 17.0 Å². The van der Waals surface area contributed by atoms with Crippen molar-refractivity contribution in [2.24, 2.45) is 10.8 Å². The third-order valence-electron chi connectivity index (χ3n) is 2.61. The van der Waals surface area contributed by atoms with Crippen LogP contribution < -0.4 is 11.2 Å². The summed E-state index contributed by atoms with van der Waals surface area (Å²) in [7, 11) is 0. The summed E-state index contributed by atoms with van der Waals surface area (Å²) in [6.07, 6.45) is 1.38. The molecular weight excluding hydrogens is 292 g/mol. The number of nitrogens with two attached hydrogens (primary N) is 1. The van der Waals surface area contributed by atoms with Crippen molar-refractivity contribution in [3.8, 4) is 11.3 Å². The number of hydrogen-bond donors (Lipinski definition) is 2. The Hall–Kier alpha value is -2.74. The minimum atomic E-state index is -0.437. The van der Waals surface area contributed by atoms with Gasteiger partial charge in [0.2, 0.25) is 0 Å². The van der Waals surface area contributed by atoms with E-state index in [1.165, 1.54) is 12.3 Å². The van der Waals surface area contributed by atoms with E-state index in [0.29, 0.717) is 17.1 Å². The molecule has 0 aliphatic carbocycles. The largest absolute Gasteiger partial charge is 0.455 e. The van der Waals surface area contributed by atoms with E-state index in [1.54, 1.807) is 31.2 Å². The zero-order chi connectivity index (χ0) is 15.4. The van der Waals surface area contributed by atoms with Gasteiger partial charge < -0.3 is 10.2 Å². The van der Waals surface area contributed by atoms with E-state index in [0.717, 1.165) is 5.56 Å². The van der Waals surface area contributed by atoms with Gasteiger partial charge >= 0.3 is 0 Å². The number of nitro benzene ring substituents is 1. The predicted octanol–water partition coefficient (Wildman–Crippen LogP) is 2.33. The average molecular weight is 304 g/mol. The van der Waals surface area contributed by atoms with Gasteiger partial charge in [-0.15, -0.1) is 0 Å². The van der Waals surface area contributed by atoms with Gasteiger partial charge in [0.15, 0.2) is 5.11 Å². The van der Waals surface area contributed by atoms with Crippen molar-refractivity contribution >= 4 is 29.2 Å². The second kappa shape index (κ2) is 6.14. The molecule has 0 radical (unpaired) electrons. The maximum atomic E-state index is 11.1. The van der Waals surface area contributed by atoms with Crippen molar-refractivity contribution in [2.75, 3.05) is 0 Å². The van der Waals surface area contributed by atoms with Crippen molar-refractivity contribution in [3.05, 3.63) is 51.8 Å². The zero-order valence-corrected chi connectivity index (χ0v) is 11.9. The molecule has 7 nitrogen and oxygen atoms in total. The van der Waals surface area contributed by atoms with Crippen molar-refractivity contribution in [3.63, 3.8) is 0 Å². The van der Waals surface area contributed by atoms with Crippen LogP contribution in [-0.2, 0) is 0 Å². The highest BCUT2D eigenvalue weighted by Gasteiger charge is 2.17. The molecule has 21 heavy (non-hydrogen) atoms. The molecule has 1 heterocycles. The standard InChI is InChI=1S/C13H12N4O3S/c1-8-2-4-10(11(6-8)17(18)19)12-5-3-9(20-12)7-15-16-13(14)21/h2-7H,1H3,(H3,14,16,21). The molecule has 0 unspecified atom stereocenters. The van der Waals surface area contributed by atoms with E-state index in [2.05, 4.69) is 22.7 Å². The summed E-state index contributed by atoms with van der Waals surface area (Å²) in [4.78, 5) is 10.7. The Bertz CT molecular complexity index is 724. The van der Waals surface area contributed by atoms with Crippen LogP contribution in [0.2, 0.25) is 0 Å². The van der Waals surface area contributed by atoms with Gasteiger partial charge in [-0.05, 0) is 42.9 Å². The Morgan fingerprint density at radius 3 is 2.90 bits per heavy atom. The minimum Gasteiger partial charge on any atom is -0.455 e. The van der Waals surface area contributed by atoms with Gasteiger partial charge in [0.05, 0.1) is 16.7 Å². The third kappa shape index (κ3) is 3.63. The molecule has 0 bridgehead atoms. The maximum Gasteiger partial charge on any atom is 0.280 e. The monoisotopic (exact) mass is 304 g/mol. The molecule has 0 amide bonds. The van der Waals surface area contributed by atoms with E-state index in [-0.39, 0.29) is 10.8 Å². The van der Waals surface area contributed by atoms with Crippen LogP contribution in [0.25, 0.3) is 11.3 Å². The summed E-state index contributed by atoms with van der Waals surface area (Å²) in [5.74, 6) is 0.807. The zero-order valence-electron chi connectivity index (χ0n) is 11.1. The summed E-state index contributed by atoms with van der Waals surface area (Å²) < 4.78 is 5.50. The lowest BCUT2D eigenvalue weighted by Crippen LogP contribution is -2.23. The van der Waals surface area contributed by atoms with Gasteiger partial charge in [0.1, 0.15) is 11.5 Å². The van der Waals surface area contributed by atoms with Gasteiger partial charge in [0.25, 0.3) is 5.69 Å². The summed E-state index contributed by atoms with van der Waals surface area (Å²) >= 11 is 4.60. The normalized spacial score (nSPS) is 10.7. The average Bonchev–Trinajstić information content (AvgIpc) is 2.86. The Kier molecular flexibility index (Phi) is 4.29. The van der Waals surface area contributed by atoms with Crippen LogP contribution in [0.15, 0.2) is 39.9 Å². The van der Waals surface area contributed by atoms with E-state index in [4.69, 9.17) is 10.2 Å². The van der Waals surface area contributed by atoms with Crippen LogP contribution in [0.3, 0.4) is 0 Å². The summed E-state index contributed by atoms with van der Waals surface area (Å²) in [5, 5.41) is 14.9. The number of hydrogen-bond acceptors (Lipinski definition) is 5. The molecule has 0 fully saturated rings. The quantitative estimate of drug-likeness (QED) is 0.388. The van der Waals surface area contributed by atoms with E-state index < -0.39 is 4.92 Å². The molecule has 2 aromatic rings. The van der Waals surface area contributed by atoms with Gasteiger partial charge in [-0.25, -0.2) is 0 Å². The van der Waals surface area contributed by atoms with E-state index in [1.807, 2.05) is 0 Å². The van der Waals surface area contributed by atoms with Crippen LogP contribution in [0.4, 0.5) is 5.69 Å². The molecule has 0 aliphatic rings. The fourth-order valence-electron chi connectivity index (χ4n) is 1.73. The molecular formula is C13H12N4O3S. The van der Waals surface area contributed by atoms with E-state index >= 15 is 0 Å². The minimum absolute atomic E-state index is 0.00546. The lowest BCUT2D eigenvalue weighted by Gasteiger charge is -2.01. The van der Waals surface area contributed by atoms with Gasteiger partial charge in [-0.2, -0.15) is 5.10 Å². The number of furan rings is 1. The number of benzene rings is 1. The number of nitro groups is 1. The van der Waals surface area contributed by atoms with Crippen LogP contribution in [0.5, 0.6) is 0 Å². The molecule has 0 saturated heterocycles. The van der Waals surface area contributed by atoms with Crippen molar-refractivity contribution < 1.29 is 9.34 Å². The fourth-order valence-corrected chi connectivity index (χ4v) is 1.78. The maximum absolute atomic E-state index is 11.1. The van der Waals surface area contributed by atoms with Crippen LogP contribution in [-0.4, -0.2) is 16.3 Å². The Labute approximate surface area is 125 Å². The number of aryl methyl sites for hydroxylation is 1. The predicted molar refractivity (Wildman–Crippen MR) is 83.1 cm³/mol. The van der Waals surface area contributed by atoms with Crippen molar-refractivity contribution in [2.45, 2.75) is 6.92 Å². The fraction of sp³-hybridized carbons (Fsp3) is 0.0769. The molecule has 108 valence electrons. The molecule has 0 atom stereocenters. The summed E-state index contributed by atoms with van der Waals surface area (Å²) in [6, 6.07) is 8.22. The number of nitrogens with zero attached hydrogens (tertiary/aromatic N) is 2. The molecule has 0 saturated carbocycles. The number of nitrogens with one attached hydrogen (secondary N) is 1. The smallest absolute Gasteiger partial charge is 0.280 e. The van der Waals surface area contributed by atoms with Crippen LogP contribution >= 0.6 is 12.2 Å². The molecule has 1 aromatic heterocycles. The van der Waals surface area contributed by atoms with E-state index in [9.17, 15) is 10.1 Å². The lowest BCUT2D eigenvalue weighted by molar-refractivity contribution is -0.384. The van der Waals surface area contributed by atoms with Crippen molar-refractivity contribution in [1.29, 1.82) is 0 Å². The number of hydrazone groups is 1. The molecule has 2 rings (SSSR count). The highest BCUT2D eigenvalue weighted by atomic mass is 32.1. The summed E-state index contributed by atoms with van der Waals surface area (Å²) in [6.45, 7) is 1.79. The molecule has 1 aromatic carbocycles. The molecule has 0 aliphatic heterocycles. The first-order chi connectivity index (χ1) is 9.97. The summed E-state index contributed by atoms with van der Waals surface area (Å²) in [5.41, 5.74) is 8.82. The third-order valence-corrected chi connectivity index (χ3v) is 2.70. The SMILES string of the molecule is Cc1ccc(-c2ccc(C=NNC(N)=S)o2)c([N+](=O)[O-])c1. The van der Waals surface area contributed by atoms with Crippen LogP contribution in [0.1, 0.15) is 11.3 Å². The second-order valence-corrected chi connectivity index (χ2v) is 4.65. The first kappa shape index (κ1) is 14.7. The highest BCUT2D eigenvalue weighted by Crippen LogP contribution is 2.31. The first-order valence-electron chi connectivity index (χ1n) is 5.91. The van der Waals surface area contributed by atoms with Gasteiger partial charge in [-0.1, -0.05) is 6.07 Å². The molecule has 3 N–H and O–H groups in total. The number of rotatable bonds is 4. The number of thiocarbonyl (C=S) groups is 1. The van der Waals surface area contributed by atoms with Gasteiger partial charge in [-0.3, -0.25) is 15.5 Å². The Morgan fingerprint density at radius 1 is 1.48 bits per heavy atom. The molecule has 0 spiro atoms. The molecule has 8 heteroatoms. The lowest BCUT2D eigenvalue weighted by atomic mass is 10.1. The Morgan fingerprint density at radius 2 is 2.24 bits per heavy atom. The first-order valence-corrected chi connectivity index (χ1v) is 6.32.